The van der Waals surface area contributed by atoms with Gasteiger partial charge in [-0.1, -0.05) is 0 Å². The van der Waals surface area contributed by atoms with Crippen molar-refractivity contribution in [2.24, 2.45) is 0 Å². The molecule has 0 aliphatic carbocycles. The minimum atomic E-state index is -3.51. The fourth-order valence-electron chi connectivity index (χ4n) is 2.52. The maximum atomic E-state index is 12.7. The molecule has 112 valence electrons. The summed E-state index contributed by atoms with van der Waals surface area (Å²) in [4.78, 5) is 4.49. The molecule has 0 bridgehead atoms. The van der Waals surface area contributed by atoms with E-state index in [2.05, 4.69) is 4.98 Å². The van der Waals surface area contributed by atoms with Crippen molar-refractivity contribution in [1.82, 2.24) is 13.9 Å². The fraction of sp³-hybridized carbons (Fsp3) is 0.357. The van der Waals surface area contributed by atoms with Crippen molar-refractivity contribution in [3.8, 4) is 5.75 Å². The van der Waals surface area contributed by atoms with Crippen molar-refractivity contribution in [3.63, 3.8) is 0 Å². The molecule has 0 saturated carbocycles. The average Bonchev–Trinajstić information content (AvgIpc) is 2.94. The molecule has 0 N–H and O–H groups in total. The first kappa shape index (κ1) is 14.1. The number of ether oxygens (including phenoxy) is 1. The van der Waals surface area contributed by atoms with E-state index in [1.807, 2.05) is 17.7 Å². The van der Waals surface area contributed by atoms with Crippen LogP contribution in [0.5, 0.6) is 5.75 Å². The second-order valence-corrected chi connectivity index (χ2v) is 6.94. The highest BCUT2D eigenvalue weighted by Crippen LogP contribution is 2.25. The van der Waals surface area contributed by atoms with Gasteiger partial charge in [0.2, 0.25) is 10.0 Å². The summed E-state index contributed by atoms with van der Waals surface area (Å²) < 4.78 is 34.1. The lowest BCUT2D eigenvalue weighted by atomic mass is 10.2. The van der Waals surface area contributed by atoms with E-state index >= 15 is 0 Å². The number of imidazole rings is 1. The summed E-state index contributed by atoms with van der Waals surface area (Å²) in [5.74, 6) is 1.46. The Balaban J connectivity index is 1.93. The summed E-state index contributed by atoms with van der Waals surface area (Å²) in [7, 11) is -1.94. The van der Waals surface area contributed by atoms with Crippen molar-refractivity contribution < 1.29 is 13.2 Å². The Morgan fingerprint density at radius 3 is 2.81 bits per heavy atom. The molecule has 1 aliphatic rings. The molecule has 0 amide bonds. The predicted molar refractivity (Wildman–Crippen MR) is 77.6 cm³/mol. The number of aryl methyl sites for hydroxylation is 1. The number of hydrogen-bond acceptors (Lipinski definition) is 4. The molecule has 1 aromatic heterocycles. The topological polar surface area (TPSA) is 64.4 Å². The standard InChI is InChI=1S/C14H17N3O3S/c1-11-9-12(3-4-13(11)20-2)21(18,19)17-8-7-16-6-5-15-14(16)10-17/h3-6,9H,7-8,10H2,1-2H3. The monoisotopic (exact) mass is 307 g/mol. The first-order chi connectivity index (χ1) is 10.0. The smallest absolute Gasteiger partial charge is 0.243 e. The quantitative estimate of drug-likeness (QED) is 0.860. The van der Waals surface area contributed by atoms with Gasteiger partial charge in [-0.25, -0.2) is 13.4 Å². The third-order valence-corrected chi connectivity index (χ3v) is 5.56. The zero-order valence-electron chi connectivity index (χ0n) is 12.0. The van der Waals surface area contributed by atoms with E-state index in [1.54, 1.807) is 31.5 Å². The van der Waals surface area contributed by atoms with E-state index in [0.717, 1.165) is 11.4 Å². The number of benzene rings is 1. The molecule has 2 aromatic rings. The highest BCUT2D eigenvalue weighted by molar-refractivity contribution is 7.89. The van der Waals surface area contributed by atoms with Crippen molar-refractivity contribution in [2.45, 2.75) is 24.9 Å². The van der Waals surface area contributed by atoms with Gasteiger partial charge in [0.05, 0.1) is 18.6 Å². The normalized spacial score (nSPS) is 15.7. The molecule has 21 heavy (non-hydrogen) atoms. The number of sulfonamides is 1. The molecular weight excluding hydrogens is 290 g/mol. The maximum absolute atomic E-state index is 12.7. The summed E-state index contributed by atoms with van der Waals surface area (Å²) >= 11 is 0. The van der Waals surface area contributed by atoms with Crippen LogP contribution in [-0.2, 0) is 23.1 Å². The van der Waals surface area contributed by atoms with Crippen LogP contribution in [0.2, 0.25) is 0 Å². The summed E-state index contributed by atoms with van der Waals surface area (Å²) in [5.41, 5.74) is 0.803. The number of methoxy groups -OCH3 is 1. The lowest BCUT2D eigenvalue weighted by Crippen LogP contribution is -2.38. The molecule has 0 unspecified atom stereocenters. The molecule has 0 atom stereocenters. The third-order valence-electron chi connectivity index (χ3n) is 3.71. The van der Waals surface area contributed by atoms with Gasteiger partial charge in [0.15, 0.2) is 0 Å². The van der Waals surface area contributed by atoms with Gasteiger partial charge in [0, 0.05) is 25.5 Å². The Bertz CT molecular complexity index is 768. The van der Waals surface area contributed by atoms with Gasteiger partial charge in [-0.15, -0.1) is 0 Å². The zero-order valence-corrected chi connectivity index (χ0v) is 12.8. The highest BCUT2D eigenvalue weighted by Gasteiger charge is 2.29. The second-order valence-electron chi connectivity index (χ2n) is 5.01. The Labute approximate surface area is 124 Å². The van der Waals surface area contributed by atoms with E-state index in [-0.39, 0.29) is 0 Å². The Hall–Kier alpha value is -1.86. The van der Waals surface area contributed by atoms with Gasteiger partial charge in [0.1, 0.15) is 11.6 Å². The SMILES string of the molecule is COc1ccc(S(=O)(=O)N2CCn3ccnc3C2)cc1C. The molecule has 1 aromatic carbocycles. The predicted octanol–water partition coefficient (Wildman–Crippen LogP) is 1.40. The second kappa shape index (κ2) is 5.16. The van der Waals surface area contributed by atoms with Crippen LogP contribution in [0.4, 0.5) is 0 Å². The van der Waals surface area contributed by atoms with Crippen molar-refractivity contribution >= 4 is 10.0 Å². The Morgan fingerprint density at radius 1 is 1.29 bits per heavy atom. The third kappa shape index (κ3) is 2.43. The van der Waals surface area contributed by atoms with Gasteiger partial charge in [0.25, 0.3) is 0 Å². The van der Waals surface area contributed by atoms with Crippen molar-refractivity contribution in [2.75, 3.05) is 13.7 Å². The maximum Gasteiger partial charge on any atom is 0.243 e. The molecule has 3 rings (SSSR count). The van der Waals surface area contributed by atoms with E-state index < -0.39 is 10.0 Å². The van der Waals surface area contributed by atoms with Crippen LogP contribution in [0.25, 0.3) is 0 Å². The van der Waals surface area contributed by atoms with Crippen LogP contribution in [0.3, 0.4) is 0 Å². The number of nitrogens with zero attached hydrogens (tertiary/aromatic N) is 3. The zero-order chi connectivity index (χ0) is 15.0. The number of rotatable bonds is 3. The van der Waals surface area contributed by atoms with Gasteiger partial charge >= 0.3 is 0 Å². The highest BCUT2D eigenvalue weighted by atomic mass is 32.2. The molecular formula is C14H17N3O3S. The van der Waals surface area contributed by atoms with E-state index in [0.29, 0.717) is 30.3 Å². The summed E-state index contributed by atoms with van der Waals surface area (Å²) in [6.07, 6.45) is 3.57. The lowest BCUT2D eigenvalue weighted by Gasteiger charge is -2.27. The summed E-state index contributed by atoms with van der Waals surface area (Å²) in [6, 6.07) is 4.92. The van der Waals surface area contributed by atoms with Crippen LogP contribution in [0.1, 0.15) is 11.4 Å². The van der Waals surface area contributed by atoms with Gasteiger partial charge in [-0.3, -0.25) is 0 Å². The molecule has 6 nitrogen and oxygen atoms in total. The van der Waals surface area contributed by atoms with Crippen LogP contribution in [-0.4, -0.2) is 35.9 Å². The van der Waals surface area contributed by atoms with E-state index in [4.69, 9.17) is 4.74 Å². The van der Waals surface area contributed by atoms with E-state index in [9.17, 15) is 8.42 Å². The van der Waals surface area contributed by atoms with Crippen LogP contribution >= 0.6 is 0 Å². The average molecular weight is 307 g/mol. The Kier molecular flexibility index (Phi) is 3.46. The summed E-state index contributed by atoms with van der Waals surface area (Å²) in [6.45, 7) is 3.22. The molecule has 2 heterocycles. The Morgan fingerprint density at radius 2 is 2.10 bits per heavy atom. The van der Waals surface area contributed by atoms with Crippen LogP contribution < -0.4 is 4.74 Å². The first-order valence-corrected chi connectivity index (χ1v) is 8.11. The summed E-state index contributed by atoms with van der Waals surface area (Å²) in [5, 5.41) is 0. The number of hydrogen-bond donors (Lipinski definition) is 0. The molecule has 0 saturated heterocycles. The lowest BCUT2D eigenvalue weighted by molar-refractivity contribution is 0.335. The van der Waals surface area contributed by atoms with Gasteiger partial charge in [-0.05, 0) is 30.7 Å². The van der Waals surface area contributed by atoms with Gasteiger partial charge in [-0.2, -0.15) is 4.31 Å². The minimum absolute atomic E-state index is 0.292. The minimum Gasteiger partial charge on any atom is -0.496 e. The van der Waals surface area contributed by atoms with Gasteiger partial charge < -0.3 is 9.30 Å². The fourth-order valence-corrected chi connectivity index (χ4v) is 3.99. The first-order valence-electron chi connectivity index (χ1n) is 6.67. The van der Waals surface area contributed by atoms with E-state index in [1.165, 1.54) is 4.31 Å². The molecule has 7 heteroatoms. The molecule has 0 radical (unpaired) electrons. The number of aromatic nitrogens is 2. The molecule has 1 aliphatic heterocycles. The van der Waals surface area contributed by atoms with Crippen molar-refractivity contribution in [1.29, 1.82) is 0 Å². The molecule has 0 fully saturated rings. The van der Waals surface area contributed by atoms with Crippen molar-refractivity contribution in [3.05, 3.63) is 42.0 Å². The molecule has 0 spiro atoms. The van der Waals surface area contributed by atoms with Crippen LogP contribution in [0.15, 0.2) is 35.5 Å². The number of fused-ring (bicyclic) bond motifs is 1. The largest absolute Gasteiger partial charge is 0.496 e. The van der Waals surface area contributed by atoms with Crippen LogP contribution in [0, 0.1) is 6.92 Å².